The van der Waals surface area contributed by atoms with E-state index in [0.29, 0.717) is 0 Å². The van der Waals surface area contributed by atoms with Gasteiger partial charge in [0.2, 0.25) is 11.0 Å². The Morgan fingerprint density at radius 2 is 1.95 bits per heavy atom. The number of anilines is 1. The van der Waals surface area contributed by atoms with Crippen LogP contribution in [0.2, 0.25) is 0 Å². The molecule has 2 aromatic rings. The van der Waals surface area contributed by atoms with Gasteiger partial charge in [0.05, 0.1) is 0 Å². The van der Waals surface area contributed by atoms with Crippen molar-refractivity contribution in [3.8, 4) is 0 Å². The smallest absolute Gasteiger partial charge is 0.293 e. The molecule has 2 N–H and O–H groups in total. The fourth-order valence-corrected chi connectivity index (χ4v) is 1.86. The van der Waals surface area contributed by atoms with Crippen LogP contribution in [0.15, 0.2) is 40.1 Å². The summed E-state index contributed by atoms with van der Waals surface area (Å²) in [5.41, 5.74) is 0. The Labute approximate surface area is 108 Å². The average molecular weight is 282 g/mol. The summed E-state index contributed by atoms with van der Waals surface area (Å²) in [6, 6.07) is 4.04. The lowest BCUT2D eigenvalue weighted by Crippen LogP contribution is -2.18. The summed E-state index contributed by atoms with van der Waals surface area (Å²) in [5, 5.41) is 2.03. The minimum Gasteiger partial charge on any atom is -0.438 e. The molecule has 2 heterocycles. The Morgan fingerprint density at radius 3 is 2.58 bits per heavy atom. The molecule has 0 radical (unpaired) electrons. The van der Waals surface area contributed by atoms with Crippen LogP contribution >= 0.6 is 0 Å². The average Bonchev–Trinajstić information content (AvgIpc) is 2.90. The van der Waals surface area contributed by atoms with Crippen molar-refractivity contribution in [2.75, 3.05) is 12.4 Å². The van der Waals surface area contributed by atoms with Crippen LogP contribution in [0.5, 0.6) is 0 Å². The number of carbonyl (C=O) groups is 1. The van der Waals surface area contributed by atoms with Crippen molar-refractivity contribution >= 4 is 21.9 Å². The molecule has 9 heteroatoms. The second-order valence-corrected chi connectivity index (χ2v) is 5.17. The molecule has 2 rings (SSSR count). The summed E-state index contributed by atoms with van der Waals surface area (Å²) < 4.78 is 29.9. The summed E-state index contributed by atoms with van der Waals surface area (Å²) >= 11 is 0. The standard InChI is InChI=1S/C10H10N4O4S/c1-11-19(16,17)8-4-3-7(18-8)9(15)14-10-12-5-2-6-13-10/h2-6,11H,1H3,(H,12,13,14,15). The molecule has 0 aliphatic heterocycles. The van der Waals surface area contributed by atoms with Gasteiger partial charge in [0, 0.05) is 12.4 Å². The molecular weight excluding hydrogens is 272 g/mol. The molecule has 0 fully saturated rings. The molecule has 100 valence electrons. The first kappa shape index (κ1) is 13.2. The van der Waals surface area contributed by atoms with E-state index >= 15 is 0 Å². The fourth-order valence-electron chi connectivity index (χ4n) is 1.21. The van der Waals surface area contributed by atoms with Crippen molar-refractivity contribution in [1.82, 2.24) is 14.7 Å². The number of amides is 1. The first-order valence-corrected chi connectivity index (χ1v) is 6.63. The predicted octanol–water partition coefficient (Wildman–Crippen LogP) is 0.230. The van der Waals surface area contributed by atoms with E-state index < -0.39 is 15.9 Å². The van der Waals surface area contributed by atoms with Gasteiger partial charge in [-0.15, -0.1) is 0 Å². The molecule has 2 aromatic heterocycles. The van der Waals surface area contributed by atoms with Gasteiger partial charge in [-0.05, 0) is 25.2 Å². The van der Waals surface area contributed by atoms with Crippen LogP contribution in [0.1, 0.15) is 10.6 Å². The highest BCUT2D eigenvalue weighted by molar-refractivity contribution is 7.89. The van der Waals surface area contributed by atoms with Crippen LogP contribution < -0.4 is 10.0 Å². The van der Waals surface area contributed by atoms with Gasteiger partial charge < -0.3 is 4.42 Å². The number of rotatable bonds is 4. The highest BCUT2D eigenvalue weighted by Gasteiger charge is 2.19. The van der Waals surface area contributed by atoms with Crippen molar-refractivity contribution in [3.63, 3.8) is 0 Å². The molecule has 0 atom stereocenters. The molecule has 0 spiro atoms. The zero-order valence-electron chi connectivity index (χ0n) is 9.82. The van der Waals surface area contributed by atoms with E-state index in [9.17, 15) is 13.2 Å². The molecule has 0 aromatic carbocycles. The van der Waals surface area contributed by atoms with E-state index in [2.05, 4.69) is 20.0 Å². The molecular formula is C10H10N4O4S. The summed E-state index contributed by atoms with van der Waals surface area (Å²) in [6.45, 7) is 0. The van der Waals surface area contributed by atoms with Gasteiger partial charge in [0.25, 0.3) is 15.9 Å². The maximum absolute atomic E-state index is 11.7. The summed E-state index contributed by atoms with van der Waals surface area (Å²) in [5.74, 6) is -0.688. The maximum Gasteiger partial charge on any atom is 0.293 e. The number of furan rings is 1. The number of nitrogens with one attached hydrogen (secondary N) is 2. The summed E-state index contributed by atoms with van der Waals surface area (Å²) in [6.07, 6.45) is 2.92. The van der Waals surface area contributed by atoms with Crippen LogP contribution in [-0.4, -0.2) is 31.3 Å². The lowest BCUT2D eigenvalue weighted by atomic mass is 10.4. The van der Waals surface area contributed by atoms with Crippen LogP contribution in [0, 0.1) is 0 Å². The van der Waals surface area contributed by atoms with Crippen molar-refractivity contribution in [2.24, 2.45) is 0 Å². The molecule has 8 nitrogen and oxygen atoms in total. The third-order valence-corrected chi connectivity index (χ3v) is 3.42. The number of aromatic nitrogens is 2. The third kappa shape index (κ3) is 2.95. The fraction of sp³-hybridized carbons (Fsp3) is 0.100. The summed E-state index contributed by atoms with van der Waals surface area (Å²) in [4.78, 5) is 19.3. The number of hydrogen-bond donors (Lipinski definition) is 2. The van der Waals surface area contributed by atoms with Gasteiger partial charge in [0.1, 0.15) is 0 Å². The van der Waals surface area contributed by atoms with Gasteiger partial charge in [-0.25, -0.2) is 23.1 Å². The zero-order chi connectivity index (χ0) is 13.9. The van der Waals surface area contributed by atoms with Crippen LogP contribution in [0.25, 0.3) is 0 Å². The topological polar surface area (TPSA) is 114 Å². The lowest BCUT2D eigenvalue weighted by molar-refractivity contribution is 0.0990. The van der Waals surface area contributed by atoms with Gasteiger partial charge in [-0.1, -0.05) is 0 Å². The SMILES string of the molecule is CNS(=O)(=O)c1ccc(C(=O)Nc2ncccn2)o1. The Balaban J connectivity index is 2.18. The number of carbonyl (C=O) groups excluding carboxylic acids is 1. The maximum atomic E-state index is 11.7. The summed E-state index contributed by atoms with van der Waals surface area (Å²) in [7, 11) is -2.47. The Kier molecular flexibility index (Phi) is 3.58. The van der Waals surface area contributed by atoms with Gasteiger partial charge >= 0.3 is 0 Å². The predicted molar refractivity (Wildman–Crippen MR) is 64.9 cm³/mol. The minimum atomic E-state index is -3.71. The molecule has 0 bridgehead atoms. The van der Waals surface area contributed by atoms with E-state index in [1.54, 1.807) is 6.07 Å². The van der Waals surface area contributed by atoms with E-state index in [1.807, 2.05) is 0 Å². The Morgan fingerprint density at radius 1 is 1.26 bits per heavy atom. The van der Waals surface area contributed by atoms with Crippen LogP contribution in [0.4, 0.5) is 5.95 Å². The zero-order valence-corrected chi connectivity index (χ0v) is 10.6. The van der Waals surface area contributed by atoms with E-state index in [1.165, 1.54) is 31.6 Å². The molecule has 0 aliphatic rings. The van der Waals surface area contributed by atoms with Gasteiger partial charge in [0.15, 0.2) is 5.76 Å². The quantitative estimate of drug-likeness (QED) is 0.829. The largest absolute Gasteiger partial charge is 0.438 e. The normalized spacial score (nSPS) is 11.2. The Hall–Kier alpha value is -2.26. The molecule has 0 saturated carbocycles. The van der Waals surface area contributed by atoms with E-state index in [4.69, 9.17) is 4.42 Å². The van der Waals surface area contributed by atoms with Gasteiger partial charge in [-0.2, -0.15) is 0 Å². The molecule has 19 heavy (non-hydrogen) atoms. The lowest BCUT2D eigenvalue weighted by Gasteiger charge is -2.00. The second-order valence-electron chi connectivity index (χ2n) is 3.35. The Bertz CT molecular complexity index is 681. The monoisotopic (exact) mass is 282 g/mol. The number of sulfonamides is 1. The highest BCUT2D eigenvalue weighted by atomic mass is 32.2. The number of hydrogen-bond acceptors (Lipinski definition) is 6. The van der Waals surface area contributed by atoms with Crippen molar-refractivity contribution in [3.05, 3.63) is 36.4 Å². The molecule has 0 unspecified atom stereocenters. The molecule has 1 amide bonds. The van der Waals surface area contributed by atoms with Crippen molar-refractivity contribution < 1.29 is 17.6 Å². The molecule has 0 saturated heterocycles. The first-order valence-electron chi connectivity index (χ1n) is 5.14. The third-order valence-electron chi connectivity index (χ3n) is 2.13. The second kappa shape index (κ2) is 5.16. The highest BCUT2D eigenvalue weighted by Crippen LogP contribution is 2.14. The van der Waals surface area contributed by atoms with E-state index in [-0.39, 0.29) is 16.8 Å². The van der Waals surface area contributed by atoms with Gasteiger partial charge in [-0.3, -0.25) is 10.1 Å². The van der Waals surface area contributed by atoms with Crippen molar-refractivity contribution in [1.29, 1.82) is 0 Å². The van der Waals surface area contributed by atoms with Crippen LogP contribution in [-0.2, 0) is 10.0 Å². The molecule has 0 aliphatic carbocycles. The van der Waals surface area contributed by atoms with E-state index in [0.717, 1.165) is 0 Å². The van der Waals surface area contributed by atoms with Crippen molar-refractivity contribution in [2.45, 2.75) is 5.09 Å². The first-order chi connectivity index (χ1) is 9.03. The van der Waals surface area contributed by atoms with Crippen LogP contribution in [0.3, 0.4) is 0 Å². The minimum absolute atomic E-state index is 0.0990. The number of nitrogens with zero attached hydrogens (tertiary/aromatic N) is 2.